The van der Waals surface area contributed by atoms with Gasteiger partial charge in [0.1, 0.15) is 17.2 Å². The maximum absolute atomic E-state index is 12.4. The van der Waals surface area contributed by atoms with Gasteiger partial charge in [0.2, 0.25) is 0 Å². The molecule has 3 rings (SSSR count). The predicted molar refractivity (Wildman–Crippen MR) is 117 cm³/mol. The first-order chi connectivity index (χ1) is 14.7. The van der Waals surface area contributed by atoms with E-state index in [0.29, 0.717) is 12.3 Å². The highest BCUT2D eigenvalue weighted by atomic mass is 16.5. The highest BCUT2D eigenvalue weighted by molar-refractivity contribution is 5.77. The highest BCUT2D eigenvalue weighted by Crippen LogP contribution is 2.25. The Morgan fingerprint density at radius 3 is 1.97 bits per heavy atom. The largest absolute Gasteiger partial charge is 0.497 e. The second kappa shape index (κ2) is 11.5. The number of carbonyl (C=O) groups excluding carboxylic acids is 1. The number of ether oxygens (including phenoxy) is 3. The first-order valence-electron chi connectivity index (χ1n) is 10.6. The average molecular weight is 413 g/mol. The van der Waals surface area contributed by atoms with Crippen LogP contribution in [0, 0.1) is 0 Å². The van der Waals surface area contributed by atoms with Gasteiger partial charge in [-0.05, 0) is 67.9 Å². The third-order valence-electron chi connectivity index (χ3n) is 5.50. The lowest BCUT2D eigenvalue weighted by Gasteiger charge is -2.31. The molecular formula is C24H32N2O4. The second-order valence-corrected chi connectivity index (χ2v) is 7.51. The first-order valence-corrected chi connectivity index (χ1v) is 10.6. The number of amides is 1. The summed E-state index contributed by atoms with van der Waals surface area (Å²) in [5, 5.41) is 3.06. The highest BCUT2D eigenvalue weighted by Gasteiger charge is 2.22. The van der Waals surface area contributed by atoms with Crippen molar-refractivity contribution in [2.24, 2.45) is 0 Å². The Morgan fingerprint density at radius 1 is 0.867 bits per heavy atom. The third-order valence-corrected chi connectivity index (χ3v) is 5.50. The Hall–Kier alpha value is -2.73. The Balaban J connectivity index is 1.59. The van der Waals surface area contributed by atoms with Gasteiger partial charge in [0.25, 0.3) is 5.91 Å². The molecule has 2 aromatic rings. The molecule has 0 aromatic heterocycles. The van der Waals surface area contributed by atoms with Crippen molar-refractivity contribution >= 4 is 5.91 Å². The van der Waals surface area contributed by atoms with Crippen molar-refractivity contribution in [2.45, 2.75) is 31.7 Å². The van der Waals surface area contributed by atoms with Crippen LogP contribution in [0.5, 0.6) is 17.2 Å². The lowest BCUT2D eigenvalue weighted by atomic mass is 10.0. The molecule has 2 aromatic carbocycles. The lowest BCUT2D eigenvalue weighted by Crippen LogP contribution is -2.40. The maximum atomic E-state index is 12.4. The fourth-order valence-electron chi connectivity index (χ4n) is 3.77. The monoisotopic (exact) mass is 412 g/mol. The molecule has 6 nitrogen and oxygen atoms in total. The van der Waals surface area contributed by atoms with E-state index in [0.717, 1.165) is 24.6 Å². The van der Waals surface area contributed by atoms with Crippen LogP contribution >= 0.6 is 0 Å². The molecule has 6 heteroatoms. The van der Waals surface area contributed by atoms with Crippen LogP contribution in [0.4, 0.5) is 0 Å². The number of hydrogen-bond acceptors (Lipinski definition) is 5. The van der Waals surface area contributed by atoms with Gasteiger partial charge >= 0.3 is 0 Å². The minimum atomic E-state index is -0.126. The molecule has 30 heavy (non-hydrogen) atoms. The zero-order chi connectivity index (χ0) is 21.2. The Kier molecular flexibility index (Phi) is 8.39. The van der Waals surface area contributed by atoms with Gasteiger partial charge in [-0.15, -0.1) is 0 Å². The predicted octanol–water partition coefficient (Wildman–Crippen LogP) is 3.82. The quantitative estimate of drug-likeness (QED) is 0.679. The van der Waals surface area contributed by atoms with Gasteiger partial charge in [0.05, 0.1) is 20.3 Å². The number of carbonyl (C=O) groups is 1. The summed E-state index contributed by atoms with van der Waals surface area (Å²) in [5.41, 5.74) is 1.19. The fourth-order valence-corrected chi connectivity index (χ4v) is 3.77. The van der Waals surface area contributed by atoms with Crippen LogP contribution in [0.2, 0.25) is 0 Å². The van der Waals surface area contributed by atoms with E-state index in [4.69, 9.17) is 14.2 Å². The van der Waals surface area contributed by atoms with Gasteiger partial charge in [-0.1, -0.05) is 25.0 Å². The van der Waals surface area contributed by atoms with Crippen LogP contribution in [0.1, 0.15) is 37.3 Å². The first kappa shape index (κ1) is 22.0. The minimum Gasteiger partial charge on any atom is -0.497 e. The summed E-state index contributed by atoms with van der Waals surface area (Å²) < 4.78 is 16.0. The summed E-state index contributed by atoms with van der Waals surface area (Å²) in [4.78, 5) is 14.9. The average Bonchev–Trinajstić information content (AvgIpc) is 3.08. The third kappa shape index (κ3) is 6.39. The number of likely N-dealkylation sites (tertiary alicyclic amines) is 1. The summed E-state index contributed by atoms with van der Waals surface area (Å²) in [6.45, 7) is 2.64. The molecule has 0 saturated carbocycles. The van der Waals surface area contributed by atoms with Crippen molar-refractivity contribution in [1.82, 2.24) is 10.2 Å². The molecule has 0 aliphatic carbocycles. The Bertz CT molecular complexity index is 769. The van der Waals surface area contributed by atoms with Crippen LogP contribution in [-0.4, -0.2) is 51.3 Å². The summed E-state index contributed by atoms with van der Waals surface area (Å²) >= 11 is 0. The fraction of sp³-hybridized carbons (Fsp3) is 0.458. The normalized spacial score (nSPS) is 15.7. The van der Waals surface area contributed by atoms with E-state index in [2.05, 4.69) is 22.3 Å². The summed E-state index contributed by atoms with van der Waals surface area (Å²) in [6.07, 6.45) is 4.93. The molecule has 1 heterocycles. The molecule has 1 aliphatic heterocycles. The number of rotatable bonds is 9. The smallest absolute Gasteiger partial charge is 0.258 e. The molecule has 1 atom stereocenters. The SMILES string of the molecule is COc1ccc(OCC(=O)NCC(c2ccc(OC)cc2)N2CCCCCC2)cc1. The van der Waals surface area contributed by atoms with Gasteiger partial charge in [0.15, 0.2) is 6.61 Å². The molecule has 0 bridgehead atoms. The van der Waals surface area contributed by atoms with Crippen LogP contribution in [-0.2, 0) is 4.79 Å². The molecule has 1 N–H and O–H groups in total. The lowest BCUT2D eigenvalue weighted by molar-refractivity contribution is -0.123. The van der Waals surface area contributed by atoms with Gasteiger partial charge < -0.3 is 19.5 Å². The van der Waals surface area contributed by atoms with Gasteiger partial charge in [-0.2, -0.15) is 0 Å². The Morgan fingerprint density at radius 2 is 1.40 bits per heavy atom. The van der Waals surface area contributed by atoms with Crippen LogP contribution in [0.25, 0.3) is 0 Å². The van der Waals surface area contributed by atoms with E-state index >= 15 is 0 Å². The van der Waals surface area contributed by atoms with Gasteiger partial charge in [-0.25, -0.2) is 0 Å². The molecule has 162 valence electrons. The zero-order valence-corrected chi connectivity index (χ0v) is 17.9. The van der Waals surface area contributed by atoms with Crippen LogP contribution in [0.15, 0.2) is 48.5 Å². The molecule has 1 saturated heterocycles. The number of benzene rings is 2. The van der Waals surface area contributed by atoms with Crippen molar-refractivity contribution in [2.75, 3.05) is 40.5 Å². The van der Waals surface area contributed by atoms with Crippen molar-refractivity contribution in [1.29, 1.82) is 0 Å². The van der Waals surface area contributed by atoms with E-state index in [1.807, 2.05) is 24.3 Å². The summed E-state index contributed by atoms with van der Waals surface area (Å²) in [5.74, 6) is 2.11. The molecule has 1 fully saturated rings. The summed E-state index contributed by atoms with van der Waals surface area (Å²) in [6, 6.07) is 15.5. The second-order valence-electron chi connectivity index (χ2n) is 7.51. The molecule has 0 spiro atoms. The number of nitrogens with one attached hydrogen (secondary N) is 1. The van der Waals surface area contributed by atoms with Crippen molar-refractivity contribution < 1.29 is 19.0 Å². The topological polar surface area (TPSA) is 60.0 Å². The molecule has 0 radical (unpaired) electrons. The number of methoxy groups -OCH3 is 2. The van der Waals surface area contributed by atoms with Crippen LogP contribution < -0.4 is 19.5 Å². The van der Waals surface area contributed by atoms with E-state index in [1.165, 1.54) is 31.2 Å². The molecular weight excluding hydrogens is 380 g/mol. The van der Waals surface area contributed by atoms with Crippen LogP contribution in [0.3, 0.4) is 0 Å². The maximum Gasteiger partial charge on any atom is 0.258 e. The van der Waals surface area contributed by atoms with E-state index in [9.17, 15) is 4.79 Å². The van der Waals surface area contributed by atoms with Crippen molar-refractivity contribution in [3.05, 3.63) is 54.1 Å². The van der Waals surface area contributed by atoms with E-state index in [1.54, 1.807) is 26.4 Å². The van der Waals surface area contributed by atoms with Crippen molar-refractivity contribution in [3.8, 4) is 17.2 Å². The molecule has 1 amide bonds. The standard InChI is InChI=1S/C24H32N2O4/c1-28-20-9-7-19(8-10-20)23(26-15-5-3-4-6-16-26)17-25-24(27)18-30-22-13-11-21(29-2)12-14-22/h7-14,23H,3-6,15-18H2,1-2H3,(H,25,27). The summed E-state index contributed by atoms with van der Waals surface area (Å²) in [7, 11) is 3.29. The van der Waals surface area contributed by atoms with E-state index in [-0.39, 0.29) is 18.6 Å². The minimum absolute atomic E-state index is 0.0122. The number of nitrogens with zero attached hydrogens (tertiary/aromatic N) is 1. The number of hydrogen-bond donors (Lipinski definition) is 1. The van der Waals surface area contributed by atoms with Gasteiger partial charge in [-0.3, -0.25) is 9.69 Å². The van der Waals surface area contributed by atoms with E-state index < -0.39 is 0 Å². The molecule has 1 aliphatic rings. The van der Waals surface area contributed by atoms with Crippen molar-refractivity contribution in [3.63, 3.8) is 0 Å². The zero-order valence-electron chi connectivity index (χ0n) is 17.9. The van der Waals surface area contributed by atoms with Gasteiger partial charge in [0, 0.05) is 6.54 Å². The Labute approximate surface area is 179 Å². The molecule has 1 unspecified atom stereocenters.